The smallest absolute Gasteiger partial charge is 0.153 e. The number of hydrogen-bond acceptors (Lipinski definition) is 4. The summed E-state index contributed by atoms with van der Waals surface area (Å²) >= 11 is 5.90. The van der Waals surface area contributed by atoms with Crippen LogP contribution < -0.4 is 5.32 Å². The fraction of sp³-hybridized carbons (Fsp3) is 0.0833. The molecule has 0 aliphatic carbocycles. The van der Waals surface area contributed by atoms with Crippen molar-refractivity contribution in [2.45, 2.75) is 6.54 Å². The Hall–Kier alpha value is -1.94. The summed E-state index contributed by atoms with van der Waals surface area (Å²) in [6.45, 7) is 0.659. The average molecular weight is 245 g/mol. The summed E-state index contributed by atoms with van der Waals surface area (Å²) in [5.74, 6) is 1.42. The zero-order chi connectivity index (χ0) is 11.7. The highest BCUT2D eigenvalue weighted by Gasteiger charge is 2.16. The van der Waals surface area contributed by atoms with Crippen molar-refractivity contribution in [1.29, 1.82) is 0 Å². The lowest BCUT2D eigenvalue weighted by molar-refractivity contribution is 1.09. The van der Waals surface area contributed by atoms with E-state index in [9.17, 15) is 0 Å². The minimum atomic E-state index is 0.641. The predicted octanol–water partition coefficient (Wildman–Crippen LogP) is 2.50. The van der Waals surface area contributed by atoms with Gasteiger partial charge in [-0.1, -0.05) is 17.7 Å². The standard InChI is InChI=1S/C12H9ClN4/c13-9-3-5-14-10(6-9)17-12-11-8(7-16-12)2-1-4-15-11/h1-6H,7H2,(H,14,16,17). The predicted molar refractivity (Wildman–Crippen MR) is 67.3 cm³/mol. The summed E-state index contributed by atoms with van der Waals surface area (Å²) in [6.07, 6.45) is 3.41. The van der Waals surface area contributed by atoms with Crippen LogP contribution in [0.2, 0.25) is 5.02 Å². The highest BCUT2D eigenvalue weighted by atomic mass is 35.5. The van der Waals surface area contributed by atoms with Gasteiger partial charge in [-0.25, -0.2) is 4.98 Å². The quantitative estimate of drug-likeness (QED) is 0.839. The summed E-state index contributed by atoms with van der Waals surface area (Å²) in [5, 5.41) is 3.77. The van der Waals surface area contributed by atoms with Gasteiger partial charge in [0.05, 0.1) is 6.54 Å². The van der Waals surface area contributed by atoms with Gasteiger partial charge in [0.1, 0.15) is 11.5 Å². The molecule has 17 heavy (non-hydrogen) atoms. The van der Waals surface area contributed by atoms with Crippen LogP contribution in [0.15, 0.2) is 41.7 Å². The second-order valence-electron chi connectivity index (χ2n) is 3.66. The van der Waals surface area contributed by atoms with E-state index in [-0.39, 0.29) is 0 Å². The molecule has 0 unspecified atom stereocenters. The molecule has 0 bridgehead atoms. The van der Waals surface area contributed by atoms with Gasteiger partial charge in [-0.05, 0) is 18.2 Å². The first kappa shape index (κ1) is 10.2. The summed E-state index contributed by atoms with van der Waals surface area (Å²) in [4.78, 5) is 12.9. The molecule has 0 radical (unpaired) electrons. The molecule has 0 atom stereocenters. The molecular weight excluding hydrogens is 236 g/mol. The summed E-state index contributed by atoms with van der Waals surface area (Å²) in [7, 11) is 0. The molecular formula is C12H9ClN4. The highest BCUT2D eigenvalue weighted by Crippen LogP contribution is 2.18. The number of anilines is 1. The molecule has 4 nitrogen and oxygen atoms in total. The second-order valence-corrected chi connectivity index (χ2v) is 4.10. The minimum absolute atomic E-state index is 0.641. The number of nitrogens with zero attached hydrogens (tertiary/aromatic N) is 3. The Bertz CT molecular complexity index is 595. The first-order valence-corrected chi connectivity index (χ1v) is 5.58. The molecule has 0 saturated carbocycles. The number of aliphatic imine (C=N–C) groups is 1. The van der Waals surface area contributed by atoms with Crippen molar-refractivity contribution in [2.24, 2.45) is 4.99 Å². The molecule has 0 saturated heterocycles. The fourth-order valence-electron chi connectivity index (χ4n) is 1.71. The Morgan fingerprint density at radius 1 is 1.18 bits per heavy atom. The third-order valence-corrected chi connectivity index (χ3v) is 2.73. The number of halogens is 1. The van der Waals surface area contributed by atoms with Gasteiger partial charge in [-0.15, -0.1) is 0 Å². The van der Waals surface area contributed by atoms with Gasteiger partial charge in [0, 0.05) is 23.0 Å². The fourth-order valence-corrected chi connectivity index (χ4v) is 1.87. The van der Waals surface area contributed by atoms with Gasteiger partial charge in [-0.2, -0.15) is 0 Å². The summed E-state index contributed by atoms with van der Waals surface area (Å²) < 4.78 is 0. The van der Waals surface area contributed by atoms with E-state index >= 15 is 0 Å². The normalized spacial score (nSPS) is 13.1. The average Bonchev–Trinajstić information content (AvgIpc) is 2.73. The molecule has 5 heteroatoms. The number of nitrogens with one attached hydrogen (secondary N) is 1. The molecule has 3 heterocycles. The van der Waals surface area contributed by atoms with E-state index < -0.39 is 0 Å². The van der Waals surface area contributed by atoms with Gasteiger partial charge >= 0.3 is 0 Å². The van der Waals surface area contributed by atoms with Crippen molar-refractivity contribution in [3.8, 4) is 0 Å². The lowest BCUT2D eigenvalue weighted by atomic mass is 10.2. The number of rotatable bonds is 1. The molecule has 0 amide bonds. The molecule has 3 rings (SSSR count). The molecule has 84 valence electrons. The van der Waals surface area contributed by atoms with E-state index in [1.54, 1.807) is 24.5 Å². The topological polar surface area (TPSA) is 50.2 Å². The van der Waals surface area contributed by atoms with Crippen LogP contribution in [0, 0.1) is 0 Å². The Balaban J connectivity index is 1.89. The molecule has 1 N–H and O–H groups in total. The van der Waals surface area contributed by atoms with Crippen LogP contribution in [0.1, 0.15) is 11.3 Å². The first-order valence-electron chi connectivity index (χ1n) is 5.20. The Morgan fingerprint density at radius 3 is 3.00 bits per heavy atom. The monoisotopic (exact) mass is 244 g/mol. The molecule has 2 aromatic rings. The van der Waals surface area contributed by atoms with Crippen LogP contribution >= 0.6 is 11.6 Å². The van der Waals surface area contributed by atoms with E-state index in [0.29, 0.717) is 17.4 Å². The Labute approximate surface area is 103 Å². The summed E-state index contributed by atoms with van der Waals surface area (Å²) in [5.41, 5.74) is 2.01. The maximum absolute atomic E-state index is 5.90. The largest absolute Gasteiger partial charge is 0.323 e. The molecule has 0 spiro atoms. The number of hydrogen-bond donors (Lipinski definition) is 1. The zero-order valence-electron chi connectivity index (χ0n) is 8.89. The second kappa shape index (κ2) is 4.14. The maximum atomic E-state index is 5.90. The third kappa shape index (κ3) is 1.99. The van der Waals surface area contributed by atoms with E-state index in [1.807, 2.05) is 12.1 Å². The van der Waals surface area contributed by atoms with E-state index in [1.165, 1.54) is 0 Å². The number of aromatic nitrogens is 2. The van der Waals surface area contributed by atoms with E-state index in [4.69, 9.17) is 11.6 Å². The highest BCUT2D eigenvalue weighted by molar-refractivity contribution is 6.30. The van der Waals surface area contributed by atoms with Crippen molar-refractivity contribution in [3.05, 3.63) is 52.9 Å². The van der Waals surface area contributed by atoms with Crippen molar-refractivity contribution in [1.82, 2.24) is 9.97 Å². The van der Waals surface area contributed by atoms with Crippen molar-refractivity contribution in [2.75, 3.05) is 5.32 Å². The molecule has 0 aromatic carbocycles. The molecule has 1 aliphatic heterocycles. The van der Waals surface area contributed by atoms with Crippen molar-refractivity contribution in [3.63, 3.8) is 0 Å². The van der Waals surface area contributed by atoms with Crippen molar-refractivity contribution < 1.29 is 0 Å². The first-order chi connectivity index (χ1) is 8.33. The summed E-state index contributed by atoms with van der Waals surface area (Å²) in [6, 6.07) is 7.42. The van der Waals surface area contributed by atoms with E-state index in [0.717, 1.165) is 17.1 Å². The lowest BCUT2D eigenvalue weighted by Gasteiger charge is -2.05. The molecule has 0 fully saturated rings. The van der Waals surface area contributed by atoms with Crippen LogP contribution in [0.4, 0.5) is 5.82 Å². The van der Waals surface area contributed by atoms with Crippen LogP contribution in [0.3, 0.4) is 0 Å². The van der Waals surface area contributed by atoms with Crippen LogP contribution in [-0.4, -0.2) is 15.8 Å². The lowest BCUT2D eigenvalue weighted by Crippen LogP contribution is -2.13. The molecule has 1 aliphatic rings. The number of amidine groups is 1. The number of fused-ring (bicyclic) bond motifs is 1. The van der Waals surface area contributed by atoms with Crippen molar-refractivity contribution >= 4 is 23.3 Å². The van der Waals surface area contributed by atoms with Crippen LogP contribution in [-0.2, 0) is 6.54 Å². The SMILES string of the molecule is Clc1ccnc(NC2=NCc3cccnc32)c1. The molecule has 2 aromatic heterocycles. The third-order valence-electron chi connectivity index (χ3n) is 2.49. The van der Waals surface area contributed by atoms with Crippen LogP contribution in [0.5, 0.6) is 0 Å². The minimum Gasteiger partial charge on any atom is -0.323 e. The zero-order valence-corrected chi connectivity index (χ0v) is 9.65. The van der Waals surface area contributed by atoms with E-state index in [2.05, 4.69) is 20.3 Å². The van der Waals surface area contributed by atoms with Gasteiger partial charge < -0.3 is 5.32 Å². The maximum Gasteiger partial charge on any atom is 0.153 e. The van der Waals surface area contributed by atoms with Gasteiger partial charge in [0.25, 0.3) is 0 Å². The van der Waals surface area contributed by atoms with Gasteiger partial charge in [0.15, 0.2) is 5.84 Å². The van der Waals surface area contributed by atoms with Gasteiger partial charge in [0.2, 0.25) is 0 Å². The Kier molecular flexibility index (Phi) is 2.49. The van der Waals surface area contributed by atoms with Gasteiger partial charge in [-0.3, -0.25) is 9.98 Å². The number of pyridine rings is 2. The Morgan fingerprint density at radius 2 is 2.12 bits per heavy atom. The van der Waals surface area contributed by atoms with Crippen LogP contribution in [0.25, 0.3) is 0 Å².